The van der Waals surface area contributed by atoms with Crippen molar-refractivity contribution in [3.63, 3.8) is 0 Å². The van der Waals surface area contributed by atoms with Gasteiger partial charge in [0.1, 0.15) is 12.4 Å². The van der Waals surface area contributed by atoms with Crippen molar-refractivity contribution in [2.24, 2.45) is 0 Å². The number of sulfone groups is 1. The van der Waals surface area contributed by atoms with E-state index < -0.39 is 33.7 Å². The van der Waals surface area contributed by atoms with Gasteiger partial charge in [-0.05, 0) is 54.3 Å². The van der Waals surface area contributed by atoms with Gasteiger partial charge in [0.15, 0.2) is 5.03 Å². The minimum Gasteiger partial charge on any atom is -0.324 e. The van der Waals surface area contributed by atoms with E-state index in [1.165, 1.54) is 24.3 Å². The van der Waals surface area contributed by atoms with Crippen LogP contribution in [0.2, 0.25) is 0 Å². The molecule has 1 N–H and O–H groups in total. The first-order valence-corrected chi connectivity index (χ1v) is 11.1. The molecule has 0 fully saturated rings. The molecule has 0 aliphatic heterocycles. The lowest BCUT2D eigenvalue weighted by Gasteiger charge is -2.11. The molecule has 0 aliphatic carbocycles. The molecule has 0 aliphatic rings. The third-order valence-electron chi connectivity index (χ3n) is 4.74. The van der Waals surface area contributed by atoms with Crippen molar-refractivity contribution in [3.05, 3.63) is 81.9 Å². The second-order valence-corrected chi connectivity index (χ2v) is 9.30. The predicted octanol–water partition coefficient (Wildman–Crippen LogP) is 3.29. The molecule has 3 rings (SSSR count). The summed E-state index contributed by atoms with van der Waals surface area (Å²) in [5.41, 5.74) is 1.24. The predicted molar refractivity (Wildman–Crippen MR) is 114 cm³/mol. The Morgan fingerprint density at radius 2 is 1.77 bits per heavy atom. The Labute approximate surface area is 179 Å². The maximum absolute atomic E-state index is 13.4. The number of hydrogen-bond acceptors (Lipinski definition) is 5. The number of aryl methyl sites for hydroxylation is 1. The summed E-state index contributed by atoms with van der Waals surface area (Å²) >= 11 is 0. The minimum absolute atomic E-state index is 0.0365. The quantitative estimate of drug-likeness (QED) is 0.630. The molecule has 0 radical (unpaired) electrons. The molecular formula is C22H22FN3O4S. The van der Waals surface area contributed by atoms with E-state index in [-0.39, 0.29) is 21.5 Å². The van der Waals surface area contributed by atoms with Gasteiger partial charge in [-0.3, -0.25) is 9.59 Å². The summed E-state index contributed by atoms with van der Waals surface area (Å²) in [4.78, 5) is 24.5. The molecular weight excluding hydrogens is 421 g/mol. The van der Waals surface area contributed by atoms with Gasteiger partial charge in [-0.15, -0.1) is 0 Å². The topological polar surface area (TPSA) is 98.1 Å². The summed E-state index contributed by atoms with van der Waals surface area (Å²) in [6.45, 7) is 5.16. The van der Waals surface area contributed by atoms with Crippen LogP contribution >= 0.6 is 0 Å². The van der Waals surface area contributed by atoms with Crippen LogP contribution in [0.1, 0.15) is 30.9 Å². The van der Waals surface area contributed by atoms with Gasteiger partial charge >= 0.3 is 0 Å². The molecule has 1 aromatic heterocycles. The van der Waals surface area contributed by atoms with E-state index in [1.807, 2.05) is 13.8 Å². The largest absolute Gasteiger partial charge is 0.324 e. The third kappa shape index (κ3) is 5.05. The monoisotopic (exact) mass is 443 g/mol. The summed E-state index contributed by atoms with van der Waals surface area (Å²) in [5.74, 6) is -0.913. The molecule has 0 atom stereocenters. The van der Waals surface area contributed by atoms with E-state index in [2.05, 4.69) is 10.4 Å². The molecule has 0 saturated heterocycles. The second kappa shape index (κ2) is 8.81. The standard InChI is InChI=1S/C22H22FN3O4S/c1-14(2)16-5-8-18(9-6-16)31(29,30)21-10-11-22(28)26(25-21)13-20(27)24-19-12-17(23)7-4-15(19)3/h4-12,14H,13H2,1-3H3,(H,24,27). The van der Waals surface area contributed by atoms with Crippen LogP contribution in [0.15, 0.2) is 69.3 Å². The third-order valence-corrected chi connectivity index (χ3v) is 6.40. The average molecular weight is 444 g/mol. The van der Waals surface area contributed by atoms with E-state index in [0.29, 0.717) is 5.56 Å². The van der Waals surface area contributed by atoms with Crippen LogP contribution in [-0.4, -0.2) is 24.1 Å². The van der Waals surface area contributed by atoms with Gasteiger partial charge in [0.2, 0.25) is 15.7 Å². The highest BCUT2D eigenvalue weighted by atomic mass is 32.2. The molecule has 1 amide bonds. The van der Waals surface area contributed by atoms with Crippen LogP contribution in [0.3, 0.4) is 0 Å². The lowest BCUT2D eigenvalue weighted by atomic mass is 10.0. The summed E-state index contributed by atoms with van der Waals surface area (Å²) in [7, 11) is -3.98. The molecule has 0 saturated carbocycles. The Kier molecular flexibility index (Phi) is 6.35. The molecule has 7 nitrogen and oxygen atoms in total. The van der Waals surface area contributed by atoms with Gasteiger partial charge in [0.25, 0.3) is 5.56 Å². The van der Waals surface area contributed by atoms with Gasteiger partial charge in [0.05, 0.1) is 4.90 Å². The Morgan fingerprint density at radius 1 is 1.10 bits per heavy atom. The number of halogens is 1. The van der Waals surface area contributed by atoms with Crippen molar-refractivity contribution in [2.75, 3.05) is 5.32 Å². The van der Waals surface area contributed by atoms with E-state index in [9.17, 15) is 22.4 Å². The normalized spacial score (nSPS) is 11.5. The van der Waals surface area contributed by atoms with Crippen molar-refractivity contribution in [1.82, 2.24) is 9.78 Å². The number of benzene rings is 2. The first-order valence-electron chi connectivity index (χ1n) is 9.57. The van der Waals surface area contributed by atoms with Gasteiger partial charge in [-0.25, -0.2) is 17.5 Å². The van der Waals surface area contributed by atoms with Crippen LogP contribution in [0.5, 0.6) is 0 Å². The van der Waals surface area contributed by atoms with Crippen molar-refractivity contribution in [1.29, 1.82) is 0 Å². The van der Waals surface area contributed by atoms with Crippen LogP contribution < -0.4 is 10.9 Å². The van der Waals surface area contributed by atoms with Crippen molar-refractivity contribution in [2.45, 2.75) is 43.2 Å². The highest BCUT2D eigenvalue weighted by Gasteiger charge is 2.21. The zero-order valence-corrected chi connectivity index (χ0v) is 18.1. The molecule has 162 valence electrons. The molecule has 0 bridgehead atoms. The number of nitrogens with one attached hydrogen (secondary N) is 1. The molecule has 9 heteroatoms. The first-order chi connectivity index (χ1) is 14.6. The number of rotatable bonds is 6. The van der Waals surface area contributed by atoms with E-state index in [1.54, 1.807) is 19.1 Å². The summed E-state index contributed by atoms with van der Waals surface area (Å²) in [6, 6.07) is 12.5. The average Bonchev–Trinajstić information content (AvgIpc) is 2.72. The Balaban J connectivity index is 1.86. The lowest BCUT2D eigenvalue weighted by Crippen LogP contribution is -2.30. The number of amides is 1. The highest BCUT2D eigenvalue weighted by molar-refractivity contribution is 7.91. The fourth-order valence-corrected chi connectivity index (χ4v) is 4.08. The van der Waals surface area contributed by atoms with Gasteiger partial charge in [-0.1, -0.05) is 32.0 Å². The Hall–Kier alpha value is -3.33. The van der Waals surface area contributed by atoms with E-state index in [0.717, 1.165) is 28.4 Å². The summed E-state index contributed by atoms with van der Waals surface area (Å²) < 4.78 is 40.0. The van der Waals surface area contributed by atoms with Crippen LogP contribution in [-0.2, 0) is 21.2 Å². The van der Waals surface area contributed by atoms with Crippen molar-refractivity contribution >= 4 is 21.4 Å². The highest BCUT2D eigenvalue weighted by Crippen LogP contribution is 2.21. The number of hydrogen-bond donors (Lipinski definition) is 1. The Bertz CT molecular complexity index is 1280. The second-order valence-electron chi connectivity index (χ2n) is 7.40. The molecule has 1 heterocycles. The van der Waals surface area contributed by atoms with Crippen LogP contribution in [0.4, 0.5) is 10.1 Å². The fraction of sp³-hybridized carbons (Fsp3) is 0.227. The minimum atomic E-state index is -3.98. The van der Waals surface area contributed by atoms with E-state index >= 15 is 0 Å². The number of nitrogens with zero attached hydrogens (tertiary/aromatic N) is 2. The molecule has 31 heavy (non-hydrogen) atoms. The maximum atomic E-state index is 13.4. The number of carbonyl (C=O) groups is 1. The smallest absolute Gasteiger partial charge is 0.267 e. The summed E-state index contributed by atoms with van der Waals surface area (Å²) in [6.07, 6.45) is 0. The van der Waals surface area contributed by atoms with Gasteiger partial charge < -0.3 is 5.32 Å². The SMILES string of the molecule is Cc1ccc(F)cc1NC(=O)Cn1nc(S(=O)(=O)c2ccc(C(C)C)cc2)ccc1=O. The molecule has 2 aromatic carbocycles. The van der Waals surface area contributed by atoms with Crippen molar-refractivity contribution < 1.29 is 17.6 Å². The zero-order chi connectivity index (χ0) is 22.8. The molecule has 3 aromatic rings. The van der Waals surface area contributed by atoms with Crippen LogP contribution in [0.25, 0.3) is 0 Å². The first kappa shape index (κ1) is 22.4. The Morgan fingerprint density at radius 3 is 2.42 bits per heavy atom. The van der Waals surface area contributed by atoms with Crippen LogP contribution in [0, 0.1) is 12.7 Å². The summed E-state index contributed by atoms with van der Waals surface area (Å²) in [5, 5.41) is 6.04. The fourth-order valence-electron chi connectivity index (χ4n) is 2.89. The molecule has 0 spiro atoms. The molecule has 0 unspecified atom stereocenters. The van der Waals surface area contributed by atoms with Crippen molar-refractivity contribution in [3.8, 4) is 0 Å². The lowest BCUT2D eigenvalue weighted by molar-refractivity contribution is -0.117. The van der Waals surface area contributed by atoms with Gasteiger partial charge in [0, 0.05) is 11.8 Å². The zero-order valence-electron chi connectivity index (χ0n) is 17.3. The van der Waals surface area contributed by atoms with Gasteiger partial charge in [-0.2, -0.15) is 5.10 Å². The number of anilines is 1. The van der Waals surface area contributed by atoms with E-state index in [4.69, 9.17) is 0 Å². The maximum Gasteiger partial charge on any atom is 0.267 e. The number of aromatic nitrogens is 2. The number of carbonyl (C=O) groups excluding carboxylic acids is 1.